The van der Waals surface area contributed by atoms with Gasteiger partial charge < -0.3 is 19.7 Å². The summed E-state index contributed by atoms with van der Waals surface area (Å²) in [5.74, 6) is 0.749. The highest BCUT2D eigenvalue weighted by atomic mass is 16.6. The standard InChI is InChI=1S/C33H54O6/c1-18-17-20(27(29(5,6)37)38-19(2)34)39-25-24(18)32(9)16-15-31(8)22(33(32,10)26(25)36)12-11-21-28(3,4)23(35)13-14-30(21,31)7/h18,20-25,27,35,37H,11-17H2,1-10H3/t18-,20-,21+,22-,23+,24?,25+,27+,30+,31-,32-,33-/m1/s1. The molecule has 222 valence electrons. The molecule has 5 rings (SSSR count). The lowest BCUT2D eigenvalue weighted by atomic mass is 9.33. The molecule has 1 aliphatic heterocycles. The zero-order chi connectivity index (χ0) is 29.1. The first kappa shape index (κ1) is 29.5. The predicted octanol–water partition coefficient (Wildman–Crippen LogP) is 5.71. The van der Waals surface area contributed by atoms with Crippen LogP contribution in [0.15, 0.2) is 0 Å². The van der Waals surface area contributed by atoms with Crippen molar-refractivity contribution in [3.05, 3.63) is 0 Å². The summed E-state index contributed by atoms with van der Waals surface area (Å²) in [6.45, 7) is 20.9. The van der Waals surface area contributed by atoms with E-state index in [4.69, 9.17) is 9.47 Å². The summed E-state index contributed by atoms with van der Waals surface area (Å²) in [4.78, 5) is 26.7. The van der Waals surface area contributed by atoms with Gasteiger partial charge in [0.1, 0.15) is 6.10 Å². The topological polar surface area (TPSA) is 93.1 Å². The first-order chi connectivity index (χ1) is 17.8. The Morgan fingerprint density at radius 2 is 1.54 bits per heavy atom. The van der Waals surface area contributed by atoms with Gasteiger partial charge in [0.05, 0.1) is 17.8 Å². The summed E-state index contributed by atoms with van der Waals surface area (Å²) in [5.41, 5.74) is -2.05. The molecular formula is C33H54O6. The molecule has 5 aliphatic rings. The summed E-state index contributed by atoms with van der Waals surface area (Å²) < 4.78 is 12.3. The van der Waals surface area contributed by atoms with Crippen molar-refractivity contribution in [1.29, 1.82) is 0 Å². The first-order valence-corrected chi connectivity index (χ1v) is 15.5. The number of fused-ring (bicyclic) bond motifs is 7. The first-order valence-electron chi connectivity index (χ1n) is 15.5. The van der Waals surface area contributed by atoms with Crippen molar-refractivity contribution in [3.8, 4) is 0 Å². The molecule has 0 aromatic carbocycles. The zero-order valence-electron chi connectivity index (χ0n) is 26.1. The highest BCUT2D eigenvalue weighted by molar-refractivity contribution is 5.93. The number of rotatable bonds is 3. The fraction of sp³-hybridized carbons (Fsp3) is 0.939. The maximum Gasteiger partial charge on any atom is 0.303 e. The molecule has 1 unspecified atom stereocenters. The van der Waals surface area contributed by atoms with Crippen molar-refractivity contribution >= 4 is 11.8 Å². The van der Waals surface area contributed by atoms with Gasteiger partial charge in [-0.15, -0.1) is 0 Å². The Hall–Kier alpha value is -0.980. The van der Waals surface area contributed by atoms with E-state index in [1.54, 1.807) is 13.8 Å². The normalized spacial score (nSPS) is 51.7. The van der Waals surface area contributed by atoms with Crippen molar-refractivity contribution in [3.63, 3.8) is 0 Å². The highest BCUT2D eigenvalue weighted by Crippen LogP contribution is 2.78. The number of ketones is 1. The number of esters is 1. The third-order valence-corrected chi connectivity index (χ3v) is 14.0. The van der Waals surface area contributed by atoms with Crippen LogP contribution in [-0.4, -0.2) is 52.0 Å². The number of aliphatic hydroxyl groups excluding tert-OH is 1. The second kappa shape index (κ2) is 8.77. The molecule has 0 spiro atoms. The molecule has 4 saturated carbocycles. The summed E-state index contributed by atoms with van der Waals surface area (Å²) in [5, 5.41) is 21.9. The molecule has 0 bridgehead atoms. The quantitative estimate of drug-likeness (QED) is 0.441. The van der Waals surface area contributed by atoms with Crippen molar-refractivity contribution in [2.75, 3.05) is 0 Å². The molecule has 5 fully saturated rings. The van der Waals surface area contributed by atoms with Crippen LogP contribution in [0.25, 0.3) is 0 Å². The molecular weight excluding hydrogens is 492 g/mol. The van der Waals surface area contributed by atoms with E-state index in [1.807, 2.05) is 0 Å². The minimum Gasteiger partial charge on any atom is -0.457 e. The molecule has 39 heavy (non-hydrogen) atoms. The molecule has 6 heteroatoms. The Morgan fingerprint density at radius 1 is 0.974 bits per heavy atom. The Balaban J connectivity index is 1.53. The van der Waals surface area contributed by atoms with E-state index in [0.29, 0.717) is 12.3 Å². The third kappa shape index (κ3) is 3.68. The van der Waals surface area contributed by atoms with Crippen molar-refractivity contribution in [2.45, 2.75) is 144 Å². The van der Waals surface area contributed by atoms with Crippen LogP contribution in [0.5, 0.6) is 0 Å². The number of ether oxygens (including phenoxy) is 2. The second-order valence-corrected chi connectivity index (χ2v) is 16.4. The van der Waals surface area contributed by atoms with Gasteiger partial charge in [-0.1, -0.05) is 48.5 Å². The molecule has 6 nitrogen and oxygen atoms in total. The van der Waals surface area contributed by atoms with Gasteiger partial charge in [0, 0.05) is 18.3 Å². The van der Waals surface area contributed by atoms with Crippen molar-refractivity contribution in [1.82, 2.24) is 0 Å². The van der Waals surface area contributed by atoms with E-state index in [1.165, 1.54) is 6.92 Å². The SMILES string of the molecule is CC(=O)O[C@@H]([C@H]1C[C@@H](C)C2[C@H](O1)C(=O)[C@@]1(C)[C@@H]3CC[C@H]4C(C)(C)[C@@H](O)CC[C@]4(C)[C@]3(C)CC[C@]21C)C(C)(C)O. The van der Waals surface area contributed by atoms with E-state index in [-0.39, 0.29) is 51.3 Å². The maximum absolute atomic E-state index is 14.8. The molecule has 0 radical (unpaired) electrons. The Bertz CT molecular complexity index is 1030. The Labute approximate surface area is 236 Å². The summed E-state index contributed by atoms with van der Waals surface area (Å²) in [6.07, 6.45) is 4.43. The van der Waals surface area contributed by atoms with Crippen LogP contribution in [0.3, 0.4) is 0 Å². The van der Waals surface area contributed by atoms with Gasteiger partial charge >= 0.3 is 5.97 Å². The van der Waals surface area contributed by atoms with Gasteiger partial charge in [0.25, 0.3) is 0 Å². The summed E-state index contributed by atoms with van der Waals surface area (Å²) in [7, 11) is 0. The van der Waals surface area contributed by atoms with Crippen LogP contribution in [-0.2, 0) is 19.1 Å². The smallest absolute Gasteiger partial charge is 0.303 e. The van der Waals surface area contributed by atoms with Gasteiger partial charge in [0.15, 0.2) is 11.9 Å². The lowest BCUT2D eigenvalue weighted by Gasteiger charge is -2.71. The molecule has 12 atom stereocenters. The lowest BCUT2D eigenvalue weighted by Crippen LogP contribution is -2.67. The third-order valence-electron chi connectivity index (χ3n) is 14.0. The number of carbonyl (C=O) groups excluding carboxylic acids is 2. The molecule has 0 amide bonds. The van der Waals surface area contributed by atoms with E-state index in [0.717, 1.165) is 38.5 Å². The number of aliphatic hydroxyl groups is 2. The van der Waals surface area contributed by atoms with E-state index in [9.17, 15) is 19.8 Å². The average Bonchev–Trinajstić information content (AvgIpc) is 2.99. The van der Waals surface area contributed by atoms with Crippen LogP contribution < -0.4 is 0 Å². The Morgan fingerprint density at radius 3 is 2.13 bits per heavy atom. The summed E-state index contributed by atoms with van der Waals surface area (Å²) in [6, 6.07) is 0. The number of hydrogen-bond donors (Lipinski definition) is 2. The number of carbonyl (C=O) groups is 2. The molecule has 2 N–H and O–H groups in total. The minimum absolute atomic E-state index is 0.000740. The summed E-state index contributed by atoms with van der Waals surface area (Å²) >= 11 is 0. The fourth-order valence-electron chi connectivity index (χ4n) is 11.7. The highest BCUT2D eigenvalue weighted by Gasteiger charge is 2.77. The minimum atomic E-state index is -1.28. The molecule has 1 saturated heterocycles. The van der Waals surface area contributed by atoms with Gasteiger partial charge in [-0.3, -0.25) is 9.59 Å². The van der Waals surface area contributed by atoms with Crippen LogP contribution in [0, 0.1) is 50.7 Å². The molecule has 0 aromatic heterocycles. The molecule has 1 heterocycles. The van der Waals surface area contributed by atoms with Crippen LogP contribution in [0.4, 0.5) is 0 Å². The van der Waals surface area contributed by atoms with Gasteiger partial charge in [-0.2, -0.15) is 0 Å². The average molecular weight is 547 g/mol. The van der Waals surface area contributed by atoms with Crippen LogP contribution in [0.2, 0.25) is 0 Å². The van der Waals surface area contributed by atoms with Crippen LogP contribution in [0.1, 0.15) is 114 Å². The number of Topliss-reactive ketones (excluding diaryl/α,β-unsaturated/α-hetero) is 1. The van der Waals surface area contributed by atoms with Crippen molar-refractivity contribution < 1.29 is 29.3 Å². The maximum atomic E-state index is 14.8. The largest absolute Gasteiger partial charge is 0.457 e. The van der Waals surface area contributed by atoms with E-state index >= 15 is 0 Å². The monoisotopic (exact) mass is 546 g/mol. The molecule has 0 aromatic rings. The second-order valence-electron chi connectivity index (χ2n) is 16.4. The number of hydrogen-bond acceptors (Lipinski definition) is 6. The van der Waals surface area contributed by atoms with Gasteiger partial charge in [0.2, 0.25) is 0 Å². The zero-order valence-corrected chi connectivity index (χ0v) is 26.1. The predicted molar refractivity (Wildman–Crippen MR) is 150 cm³/mol. The van der Waals surface area contributed by atoms with E-state index < -0.39 is 35.3 Å². The Kier molecular flexibility index (Phi) is 6.63. The van der Waals surface area contributed by atoms with Crippen LogP contribution >= 0.6 is 0 Å². The lowest BCUT2D eigenvalue weighted by molar-refractivity contribution is -0.244. The van der Waals surface area contributed by atoms with Gasteiger partial charge in [-0.25, -0.2) is 0 Å². The van der Waals surface area contributed by atoms with E-state index in [2.05, 4.69) is 48.5 Å². The van der Waals surface area contributed by atoms with Crippen molar-refractivity contribution in [2.24, 2.45) is 50.7 Å². The fourth-order valence-corrected chi connectivity index (χ4v) is 11.7. The molecule has 4 aliphatic carbocycles. The van der Waals surface area contributed by atoms with Gasteiger partial charge in [-0.05, 0) is 98.2 Å².